The smallest absolute Gasteiger partial charge is 0.0528 e. The van der Waals surface area contributed by atoms with Gasteiger partial charge in [0.05, 0.1) is 6.20 Å². The molecule has 1 aromatic heterocycles. The lowest BCUT2D eigenvalue weighted by molar-refractivity contribution is 0.663. The van der Waals surface area contributed by atoms with Crippen LogP contribution in [0.4, 0.5) is 0 Å². The van der Waals surface area contributed by atoms with Gasteiger partial charge in [0.2, 0.25) is 0 Å². The second-order valence-electron chi connectivity index (χ2n) is 1.38. The van der Waals surface area contributed by atoms with Gasteiger partial charge in [-0.05, 0) is 12.0 Å². The molecule has 0 aromatic carbocycles. The minimum Gasteiger partial charge on any atom is -0.330 e. The number of hydrogen-bond donors (Lipinski definition) is 2. The van der Waals surface area contributed by atoms with E-state index in [0.717, 1.165) is 17.6 Å². The molecule has 0 atom stereocenters. The topological polar surface area (TPSA) is 48.9 Å². The summed E-state index contributed by atoms with van der Waals surface area (Å²) in [5.41, 5.74) is 1.01. The second-order valence-corrected chi connectivity index (χ2v) is 1.93. The highest BCUT2D eigenvalue weighted by Gasteiger charge is 1.89. The minimum atomic E-state index is 0.608. The average molecular weight is 130 g/mol. The Hall–Kier alpha value is -0.480. The summed E-state index contributed by atoms with van der Waals surface area (Å²) in [5.74, 6) is 0.608. The zero-order chi connectivity index (χ0) is 5.82. The summed E-state index contributed by atoms with van der Waals surface area (Å²) in [6, 6.07) is 0. The number of aromatic amines is 1. The van der Waals surface area contributed by atoms with Crippen LogP contribution in [0.3, 0.4) is 0 Å². The monoisotopic (exact) mass is 130 g/mol. The maximum Gasteiger partial charge on any atom is 0.0528 e. The quantitative estimate of drug-likeness (QED) is 0.590. The molecule has 3 nitrogen and oxygen atoms in total. The summed E-state index contributed by atoms with van der Waals surface area (Å²) in [4.78, 5) is 0. The van der Waals surface area contributed by atoms with Gasteiger partial charge in [-0.15, -0.1) is 0 Å². The standard InChI is InChI=1S/C4H6N2OS/c7-8-3-4-1-5-6-2-4/h1-2,7H,3H2,(H,5,6). The number of rotatable bonds is 2. The molecule has 0 aliphatic heterocycles. The molecule has 1 rings (SSSR count). The third-order valence-electron chi connectivity index (χ3n) is 0.786. The molecule has 0 spiro atoms. The van der Waals surface area contributed by atoms with Crippen molar-refractivity contribution in [2.24, 2.45) is 0 Å². The van der Waals surface area contributed by atoms with Crippen LogP contribution in [0.2, 0.25) is 0 Å². The summed E-state index contributed by atoms with van der Waals surface area (Å²) in [6.07, 6.45) is 3.44. The SMILES string of the molecule is OSCc1cn[nH]c1. The first-order valence-corrected chi connectivity index (χ1v) is 3.12. The third-order valence-corrected chi connectivity index (χ3v) is 1.25. The highest BCUT2D eigenvalue weighted by atomic mass is 32.2. The molecule has 1 heterocycles. The van der Waals surface area contributed by atoms with Crippen LogP contribution in [-0.2, 0) is 5.75 Å². The van der Waals surface area contributed by atoms with Gasteiger partial charge in [-0.2, -0.15) is 5.10 Å². The number of H-pyrrole nitrogens is 1. The average Bonchev–Trinajstić information content (AvgIpc) is 2.19. The van der Waals surface area contributed by atoms with Crippen LogP contribution >= 0.6 is 12.0 Å². The van der Waals surface area contributed by atoms with Gasteiger partial charge in [0.1, 0.15) is 0 Å². The van der Waals surface area contributed by atoms with Crippen molar-refractivity contribution in [3.63, 3.8) is 0 Å². The Balaban J connectivity index is 2.50. The molecule has 8 heavy (non-hydrogen) atoms. The van der Waals surface area contributed by atoms with Gasteiger partial charge in [-0.1, -0.05) is 0 Å². The fourth-order valence-corrected chi connectivity index (χ4v) is 0.738. The zero-order valence-corrected chi connectivity index (χ0v) is 4.98. The molecule has 4 heteroatoms. The summed E-state index contributed by atoms with van der Waals surface area (Å²) in [7, 11) is 0. The van der Waals surface area contributed by atoms with Crippen LogP contribution in [0.5, 0.6) is 0 Å². The van der Waals surface area contributed by atoms with E-state index in [9.17, 15) is 0 Å². The van der Waals surface area contributed by atoms with E-state index in [1.54, 1.807) is 12.4 Å². The first-order valence-electron chi connectivity index (χ1n) is 2.17. The van der Waals surface area contributed by atoms with E-state index in [1.807, 2.05) is 0 Å². The number of hydrogen-bond acceptors (Lipinski definition) is 3. The van der Waals surface area contributed by atoms with E-state index >= 15 is 0 Å². The van der Waals surface area contributed by atoms with Crippen molar-refractivity contribution in [1.82, 2.24) is 10.2 Å². The maximum absolute atomic E-state index is 8.31. The van der Waals surface area contributed by atoms with E-state index in [1.165, 1.54) is 0 Å². The lowest BCUT2D eigenvalue weighted by Crippen LogP contribution is -1.69. The minimum absolute atomic E-state index is 0.608. The van der Waals surface area contributed by atoms with Crippen molar-refractivity contribution in [1.29, 1.82) is 0 Å². The fraction of sp³-hybridized carbons (Fsp3) is 0.250. The Kier molecular flexibility index (Phi) is 1.93. The molecule has 0 aliphatic rings. The highest BCUT2D eigenvalue weighted by molar-refractivity contribution is 7.92. The normalized spacial score (nSPS) is 9.62. The van der Waals surface area contributed by atoms with Gasteiger partial charge in [0.25, 0.3) is 0 Å². The lowest BCUT2D eigenvalue weighted by Gasteiger charge is -1.83. The van der Waals surface area contributed by atoms with Gasteiger partial charge >= 0.3 is 0 Å². The molecule has 2 N–H and O–H groups in total. The van der Waals surface area contributed by atoms with Gasteiger partial charge in [0.15, 0.2) is 0 Å². The number of aromatic nitrogens is 2. The Morgan fingerprint density at radius 2 is 2.75 bits per heavy atom. The maximum atomic E-state index is 8.31. The first kappa shape index (κ1) is 5.65. The molecule has 0 saturated heterocycles. The van der Waals surface area contributed by atoms with Gasteiger partial charge in [0, 0.05) is 17.5 Å². The van der Waals surface area contributed by atoms with Crippen molar-refractivity contribution >= 4 is 12.0 Å². The van der Waals surface area contributed by atoms with Gasteiger partial charge < -0.3 is 4.55 Å². The predicted octanol–water partition coefficient (Wildman–Crippen LogP) is 1.12. The largest absolute Gasteiger partial charge is 0.330 e. The van der Waals surface area contributed by atoms with E-state index in [4.69, 9.17) is 4.55 Å². The Morgan fingerprint density at radius 1 is 1.88 bits per heavy atom. The fourth-order valence-electron chi connectivity index (χ4n) is 0.431. The van der Waals surface area contributed by atoms with E-state index in [0.29, 0.717) is 5.75 Å². The molecule has 0 amide bonds. The third kappa shape index (κ3) is 1.24. The molecule has 44 valence electrons. The second kappa shape index (κ2) is 2.74. The predicted molar refractivity (Wildman–Crippen MR) is 32.5 cm³/mol. The summed E-state index contributed by atoms with van der Waals surface area (Å²) in [6.45, 7) is 0. The summed E-state index contributed by atoms with van der Waals surface area (Å²) in [5, 5.41) is 6.33. The summed E-state index contributed by atoms with van der Waals surface area (Å²) < 4.78 is 8.31. The van der Waals surface area contributed by atoms with E-state index < -0.39 is 0 Å². The molecule has 0 fully saturated rings. The van der Waals surface area contributed by atoms with E-state index in [-0.39, 0.29) is 0 Å². The Morgan fingerprint density at radius 3 is 3.25 bits per heavy atom. The Bertz CT molecular complexity index is 140. The number of nitrogens with one attached hydrogen (secondary N) is 1. The van der Waals surface area contributed by atoms with E-state index in [2.05, 4.69) is 10.2 Å². The van der Waals surface area contributed by atoms with Crippen LogP contribution in [0, 0.1) is 0 Å². The van der Waals surface area contributed by atoms with Crippen molar-refractivity contribution in [3.05, 3.63) is 18.0 Å². The molecule has 1 aromatic rings. The molecule has 0 saturated carbocycles. The molecular weight excluding hydrogens is 124 g/mol. The van der Waals surface area contributed by atoms with Crippen LogP contribution in [0.15, 0.2) is 12.4 Å². The van der Waals surface area contributed by atoms with Crippen LogP contribution in [0.1, 0.15) is 5.56 Å². The van der Waals surface area contributed by atoms with Crippen LogP contribution in [-0.4, -0.2) is 14.8 Å². The molecule has 0 aliphatic carbocycles. The molecule has 0 bridgehead atoms. The lowest BCUT2D eigenvalue weighted by atomic mass is 10.4. The van der Waals surface area contributed by atoms with Crippen LogP contribution < -0.4 is 0 Å². The zero-order valence-electron chi connectivity index (χ0n) is 4.16. The van der Waals surface area contributed by atoms with Crippen LogP contribution in [0.25, 0.3) is 0 Å². The van der Waals surface area contributed by atoms with Crippen molar-refractivity contribution < 1.29 is 4.55 Å². The van der Waals surface area contributed by atoms with Gasteiger partial charge in [-0.3, -0.25) is 5.10 Å². The Labute approximate surface area is 51.3 Å². The van der Waals surface area contributed by atoms with Crippen molar-refractivity contribution in [2.45, 2.75) is 5.75 Å². The molecule has 0 radical (unpaired) electrons. The van der Waals surface area contributed by atoms with Crippen molar-refractivity contribution in [3.8, 4) is 0 Å². The highest BCUT2D eigenvalue weighted by Crippen LogP contribution is 2.03. The van der Waals surface area contributed by atoms with Crippen molar-refractivity contribution in [2.75, 3.05) is 0 Å². The first-order chi connectivity index (χ1) is 3.93. The summed E-state index contributed by atoms with van der Waals surface area (Å²) >= 11 is 0.799. The molecule has 0 unspecified atom stereocenters. The number of nitrogens with zero attached hydrogens (tertiary/aromatic N) is 1. The van der Waals surface area contributed by atoms with Gasteiger partial charge in [-0.25, -0.2) is 0 Å². The molecular formula is C4H6N2OS.